The van der Waals surface area contributed by atoms with Gasteiger partial charge < -0.3 is 15.4 Å². The number of aliphatic imine (C=N–C) groups is 1. The molecule has 0 bridgehead atoms. The number of nitrogens with zero attached hydrogens (tertiary/aromatic N) is 1. The highest BCUT2D eigenvalue weighted by Crippen LogP contribution is 2.42. The molecule has 0 atom stereocenters. The molecule has 2 aliphatic carbocycles. The number of nitrogens with one attached hydrogen (secondary N) is 2. The molecule has 20 heavy (non-hydrogen) atoms. The first kappa shape index (κ1) is 15.6. The minimum absolute atomic E-state index is 0.533. The van der Waals surface area contributed by atoms with E-state index in [1.165, 1.54) is 38.5 Å². The molecule has 0 aromatic rings. The molecule has 0 saturated heterocycles. The molecule has 2 saturated carbocycles. The highest BCUT2D eigenvalue weighted by atomic mass is 16.5. The predicted octanol–water partition coefficient (Wildman–Crippen LogP) is 2.55. The predicted molar refractivity (Wildman–Crippen MR) is 84.1 cm³/mol. The fourth-order valence-electron chi connectivity index (χ4n) is 2.74. The molecular formula is C16H31N3O. The van der Waals surface area contributed by atoms with Gasteiger partial charge in [-0.15, -0.1) is 0 Å². The van der Waals surface area contributed by atoms with Crippen LogP contribution >= 0.6 is 0 Å². The molecule has 0 unspecified atom stereocenters. The van der Waals surface area contributed by atoms with Crippen LogP contribution in [0.3, 0.4) is 0 Å². The lowest BCUT2D eigenvalue weighted by Gasteiger charge is -2.41. The quantitative estimate of drug-likeness (QED) is 0.388. The third-order valence-corrected chi connectivity index (χ3v) is 4.83. The third kappa shape index (κ3) is 4.97. The van der Waals surface area contributed by atoms with Crippen LogP contribution in [0.2, 0.25) is 0 Å². The van der Waals surface area contributed by atoms with Gasteiger partial charge in [-0.05, 0) is 49.9 Å². The van der Waals surface area contributed by atoms with E-state index in [4.69, 9.17) is 4.74 Å². The van der Waals surface area contributed by atoms with Crippen LogP contribution < -0.4 is 10.6 Å². The van der Waals surface area contributed by atoms with Crippen LogP contribution in [-0.2, 0) is 4.74 Å². The number of hydrogen-bond donors (Lipinski definition) is 2. The fraction of sp³-hybridized carbons (Fsp3) is 0.938. The fourth-order valence-corrected chi connectivity index (χ4v) is 2.74. The van der Waals surface area contributed by atoms with E-state index in [1.807, 2.05) is 7.05 Å². The van der Waals surface area contributed by atoms with Gasteiger partial charge in [0, 0.05) is 33.4 Å². The smallest absolute Gasteiger partial charge is 0.190 e. The Kier molecular flexibility index (Phi) is 6.14. The maximum absolute atomic E-state index is 5.63. The van der Waals surface area contributed by atoms with Gasteiger partial charge in [0.05, 0.1) is 0 Å². The number of rotatable bonds is 9. The maximum Gasteiger partial charge on any atom is 0.190 e. The minimum Gasteiger partial charge on any atom is -0.381 e. The summed E-state index contributed by atoms with van der Waals surface area (Å²) in [6, 6.07) is 0. The van der Waals surface area contributed by atoms with Gasteiger partial charge in [-0.1, -0.05) is 13.3 Å². The molecule has 0 aliphatic heterocycles. The summed E-state index contributed by atoms with van der Waals surface area (Å²) in [5.74, 6) is 1.80. The molecule has 0 amide bonds. The average Bonchev–Trinajstić information content (AvgIpc) is 3.23. The van der Waals surface area contributed by atoms with Crippen LogP contribution in [0.5, 0.6) is 0 Å². The van der Waals surface area contributed by atoms with E-state index in [0.717, 1.165) is 44.6 Å². The monoisotopic (exact) mass is 281 g/mol. The van der Waals surface area contributed by atoms with Crippen molar-refractivity contribution in [2.24, 2.45) is 16.3 Å². The molecule has 0 aromatic carbocycles. The van der Waals surface area contributed by atoms with Crippen LogP contribution in [0.25, 0.3) is 0 Å². The summed E-state index contributed by atoms with van der Waals surface area (Å²) in [5, 5.41) is 6.86. The van der Waals surface area contributed by atoms with Gasteiger partial charge in [0.1, 0.15) is 0 Å². The summed E-state index contributed by atoms with van der Waals surface area (Å²) < 4.78 is 5.63. The van der Waals surface area contributed by atoms with Crippen LogP contribution in [0.15, 0.2) is 4.99 Å². The van der Waals surface area contributed by atoms with E-state index in [2.05, 4.69) is 22.5 Å². The first-order valence-corrected chi connectivity index (χ1v) is 8.30. The summed E-state index contributed by atoms with van der Waals surface area (Å²) in [4.78, 5) is 4.29. The Morgan fingerprint density at radius 3 is 2.65 bits per heavy atom. The van der Waals surface area contributed by atoms with Crippen LogP contribution in [0.4, 0.5) is 0 Å². The zero-order chi connectivity index (χ0) is 14.3. The van der Waals surface area contributed by atoms with Crippen molar-refractivity contribution in [3.8, 4) is 0 Å². The van der Waals surface area contributed by atoms with Crippen LogP contribution in [0.1, 0.15) is 51.9 Å². The Bertz CT molecular complexity index is 303. The van der Waals surface area contributed by atoms with E-state index >= 15 is 0 Å². The molecule has 2 fully saturated rings. The van der Waals surface area contributed by atoms with Crippen molar-refractivity contribution in [2.75, 3.05) is 33.4 Å². The van der Waals surface area contributed by atoms with Crippen molar-refractivity contribution in [1.29, 1.82) is 0 Å². The normalized spacial score (nSPS) is 21.4. The SMILES string of the molecule is CCC1(CNC(=NC)NCCCOCC2CC2)CCC1. The standard InChI is InChI=1S/C16H31N3O/c1-3-16(8-4-9-16)13-19-15(17-2)18-10-5-11-20-12-14-6-7-14/h14H,3-13H2,1-2H3,(H2,17,18,19). The molecule has 2 N–H and O–H groups in total. The largest absolute Gasteiger partial charge is 0.381 e. The van der Waals surface area contributed by atoms with Gasteiger partial charge >= 0.3 is 0 Å². The summed E-state index contributed by atoms with van der Waals surface area (Å²) >= 11 is 0. The zero-order valence-corrected chi connectivity index (χ0v) is 13.2. The van der Waals surface area contributed by atoms with Gasteiger partial charge in [-0.2, -0.15) is 0 Å². The van der Waals surface area contributed by atoms with Gasteiger partial charge in [-0.3, -0.25) is 4.99 Å². The van der Waals surface area contributed by atoms with Gasteiger partial charge in [-0.25, -0.2) is 0 Å². The molecule has 0 spiro atoms. The second kappa shape index (κ2) is 7.87. The highest BCUT2D eigenvalue weighted by molar-refractivity contribution is 5.79. The molecular weight excluding hydrogens is 250 g/mol. The zero-order valence-electron chi connectivity index (χ0n) is 13.2. The Labute approximate surface area is 123 Å². The summed E-state index contributed by atoms with van der Waals surface area (Å²) in [7, 11) is 1.85. The molecule has 0 heterocycles. The van der Waals surface area contributed by atoms with Crippen molar-refractivity contribution in [2.45, 2.75) is 51.9 Å². The third-order valence-electron chi connectivity index (χ3n) is 4.83. The molecule has 0 aromatic heterocycles. The van der Waals surface area contributed by atoms with Crippen molar-refractivity contribution in [3.63, 3.8) is 0 Å². The van der Waals surface area contributed by atoms with E-state index in [9.17, 15) is 0 Å². The first-order valence-electron chi connectivity index (χ1n) is 8.30. The average molecular weight is 281 g/mol. The van der Waals surface area contributed by atoms with Gasteiger partial charge in [0.25, 0.3) is 0 Å². The lowest BCUT2D eigenvalue weighted by atomic mass is 9.67. The van der Waals surface area contributed by atoms with Crippen molar-refractivity contribution in [3.05, 3.63) is 0 Å². The summed E-state index contributed by atoms with van der Waals surface area (Å²) in [6.45, 7) is 6.12. The lowest BCUT2D eigenvalue weighted by Crippen LogP contribution is -2.46. The number of ether oxygens (including phenoxy) is 1. The van der Waals surface area contributed by atoms with E-state index in [0.29, 0.717) is 5.41 Å². The van der Waals surface area contributed by atoms with E-state index in [1.54, 1.807) is 0 Å². The Morgan fingerprint density at radius 2 is 2.10 bits per heavy atom. The Hall–Kier alpha value is -0.770. The van der Waals surface area contributed by atoms with Crippen molar-refractivity contribution < 1.29 is 4.74 Å². The highest BCUT2D eigenvalue weighted by Gasteiger charge is 2.34. The molecule has 4 nitrogen and oxygen atoms in total. The second-order valence-corrected chi connectivity index (χ2v) is 6.43. The van der Waals surface area contributed by atoms with Crippen LogP contribution in [0, 0.1) is 11.3 Å². The van der Waals surface area contributed by atoms with Gasteiger partial charge in [0.15, 0.2) is 5.96 Å². The van der Waals surface area contributed by atoms with E-state index in [-0.39, 0.29) is 0 Å². The van der Waals surface area contributed by atoms with E-state index < -0.39 is 0 Å². The number of guanidine groups is 1. The Morgan fingerprint density at radius 1 is 1.30 bits per heavy atom. The first-order chi connectivity index (χ1) is 9.78. The lowest BCUT2D eigenvalue weighted by molar-refractivity contribution is 0.122. The molecule has 116 valence electrons. The molecule has 2 aliphatic rings. The molecule has 4 heteroatoms. The summed E-state index contributed by atoms with van der Waals surface area (Å²) in [5.41, 5.74) is 0.533. The van der Waals surface area contributed by atoms with Gasteiger partial charge in [0.2, 0.25) is 0 Å². The topological polar surface area (TPSA) is 45.7 Å². The van der Waals surface area contributed by atoms with Crippen molar-refractivity contribution in [1.82, 2.24) is 10.6 Å². The molecule has 0 radical (unpaired) electrons. The minimum atomic E-state index is 0.533. The maximum atomic E-state index is 5.63. The second-order valence-electron chi connectivity index (χ2n) is 6.43. The van der Waals surface area contributed by atoms with Crippen LogP contribution in [-0.4, -0.2) is 39.3 Å². The Balaban J connectivity index is 1.50. The summed E-state index contributed by atoms with van der Waals surface area (Å²) in [6.07, 6.45) is 9.17. The van der Waals surface area contributed by atoms with Crippen molar-refractivity contribution >= 4 is 5.96 Å². The number of hydrogen-bond acceptors (Lipinski definition) is 2. The molecule has 2 rings (SSSR count).